The number of Topliss-reactive ketones (excluding diaryl/α,β-unsaturated/α-hetero) is 2. The molecule has 0 saturated heterocycles. The number of carbonyl (C=O) groups excluding carboxylic acids is 2. The highest BCUT2D eigenvalue weighted by molar-refractivity contribution is 5.93. The molecule has 0 aromatic carbocycles. The Labute approximate surface area is 156 Å². The van der Waals surface area contributed by atoms with Gasteiger partial charge in [0.15, 0.2) is 0 Å². The smallest absolute Gasteiger partial charge is 0.139 e. The van der Waals surface area contributed by atoms with Crippen LogP contribution in [0.3, 0.4) is 0 Å². The third-order valence-corrected chi connectivity index (χ3v) is 8.41. The van der Waals surface area contributed by atoms with Gasteiger partial charge in [-0.05, 0) is 61.7 Å². The molecule has 2 N–H and O–H groups in total. The summed E-state index contributed by atoms with van der Waals surface area (Å²) in [6.45, 7) is 5.39. The van der Waals surface area contributed by atoms with E-state index in [9.17, 15) is 9.59 Å². The Morgan fingerprint density at radius 3 is 2.69 bits per heavy atom. The minimum atomic E-state index is -0.165. The number of nitrogens with two attached hydrogens (primary N) is 1. The molecule has 0 bridgehead atoms. The Morgan fingerprint density at radius 2 is 1.92 bits per heavy atom. The van der Waals surface area contributed by atoms with Gasteiger partial charge >= 0.3 is 0 Å². The maximum Gasteiger partial charge on any atom is 0.139 e. The number of rotatable bonds is 3. The maximum atomic E-state index is 13.1. The number of hydrogen-bond acceptors (Lipinski definition) is 5. The first kappa shape index (κ1) is 18.1. The quantitative estimate of drug-likeness (QED) is 0.619. The van der Waals surface area contributed by atoms with Gasteiger partial charge in [0.2, 0.25) is 0 Å². The number of carbonyl (C=O) groups is 2. The Morgan fingerprint density at radius 1 is 1.12 bits per heavy atom. The second-order valence-corrected chi connectivity index (χ2v) is 9.51. The zero-order chi connectivity index (χ0) is 18.5. The topological polar surface area (TPSA) is 81.8 Å². The van der Waals surface area contributed by atoms with Crippen LogP contribution in [0.15, 0.2) is 5.16 Å². The van der Waals surface area contributed by atoms with Crippen molar-refractivity contribution < 1.29 is 14.4 Å². The van der Waals surface area contributed by atoms with Crippen molar-refractivity contribution >= 4 is 17.3 Å². The molecule has 0 aromatic heterocycles. The number of oxime groups is 1. The molecule has 4 aliphatic carbocycles. The summed E-state index contributed by atoms with van der Waals surface area (Å²) in [6.07, 6.45) is 7.13. The van der Waals surface area contributed by atoms with Crippen LogP contribution in [-0.4, -0.2) is 30.4 Å². The van der Waals surface area contributed by atoms with E-state index in [-0.39, 0.29) is 16.7 Å². The lowest BCUT2D eigenvalue weighted by atomic mass is 9.45. The van der Waals surface area contributed by atoms with Gasteiger partial charge in [-0.1, -0.05) is 19.0 Å². The van der Waals surface area contributed by atoms with Crippen LogP contribution in [0.1, 0.15) is 65.2 Å². The summed E-state index contributed by atoms with van der Waals surface area (Å²) in [5.41, 5.74) is 6.37. The molecule has 4 aliphatic rings. The molecule has 4 saturated carbocycles. The van der Waals surface area contributed by atoms with Gasteiger partial charge in [0.05, 0.1) is 5.71 Å². The molecule has 0 radical (unpaired) electrons. The molecule has 26 heavy (non-hydrogen) atoms. The van der Waals surface area contributed by atoms with Crippen molar-refractivity contribution in [2.24, 2.45) is 45.4 Å². The predicted molar refractivity (Wildman–Crippen MR) is 99.6 cm³/mol. The Balaban J connectivity index is 1.57. The first-order valence-corrected chi connectivity index (χ1v) is 10.3. The van der Waals surface area contributed by atoms with Crippen LogP contribution in [-0.2, 0) is 14.4 Å². The summed E-state index contributed by atoms with van der Waals surface area (Å²) in [6, 6.07) is 0. The second-order valence-electron chi connectivity index (χ2n) is 9.51. The highest BCUT2D eigenvalue weighted by atomic mass is 16.6. The number of ketones is 2. The maximum absolute atomic E-state index is 13.1. The number of nitrogens with zero attached hydrogens (tertiary/aromatic N) is 1. The van der Waals surface area contributed by atoms with E-state index in [0.29, 0.717) is 55.3 Å². The summed E-state index contributed by atoms with van der Waals surface area (Å²) in [7, 11) is 0. The minimum absolute atomic E-state index is 0.0554. The molecule has 4 fully saturated rings. The first-order chi connectivity index (χ1) is 12.4. The highest BCUT2D eigenvalue weighted by Crippen LogP contribution is 2.64. The fraction of sp³-hybridized carbons (Fsp3) is 0.857. The molecule has 0 heterocycles. The van der Waals surface area contributed by atoms with Crippen LogP contribution in [0.5, 0.6) is 0 Å². The van der Waals surface area contributed by atoms with Crippen LogP contribution in [0, 0.1) is 34.5 Å². The number of fused-ring (bicyclic) bond motifs is 5. The molecule has 0 aliphatic heterocycles. The fourth-order valence-electron chi connectivity index (χ4n) is 6.89. The van der Waals surface area contributed by atoms with Gasteiger partial charge in [-0.3, -0.25) is 9.59 Å². The molecule has 5 nitrogen and oxygen atoms in total. The standard InChI is InChI=1S/C21H32N2O3/c1-20-7-5-13(23-26-10-9-22)11-17(20)18(24)12-14-15-3-4-19(25)21(15,2)8-6-16(14)20/h14-17H,3-12,22H2,1-2H3/t14-,15-,16+,17?,20+,21-/m0/s1. The fourth-order valence-corrected chi connectivity index (χ4v) is 6.89. The summed E-state index contributed by atoms with van der Waals surface area (Å²) < 4.78 is 0. The Bertz CT molecular complexity index is 645. The van der Waals surface area contributed by atoms with Gasteiger partial charge < -0.3 is 10.6 Å². The first-order valence-electron chi connectivity index (χ1n) is 10.3. The average Bonchev–Trinajstić information content (AvgIpc) is 2.92. The molecule has 6 atom stereocenters. The Hall–Kier alpha value is -1.23. The normalized spacial score (nSPS) is 46.7. The van der Waals surface area contributed by atoms with Gasteiger partial charge in [-0.15, -0.1) is 0 Å². The molecule has 0 spiro atoms. The molecule has 144 valence electrons. The van der Waals surface area contributed by atoms with E-state index in [0.717, 1.165) is 44.2 Å². The van der Waals surface area contributed by atoms with E-state index in [1.54, 1.807) is 0 Å². The van der Waals surface area contributed by atoms with E-state index in [2.05, 4.69) is 19.0 Å². The van der Waals surface area contributed by atoms with Crippen LogP contribution in [0.25, 0.3) is 0 Å². The lowest BCUT2D eigenvalue weighted by Crippen LogP contribution is -2.56. The monoisotopic (exact) mass is 360 g/mol. The number of hydrogen-bond donors (Lipinski definition) is 1. The highest BCUT2D eigenvalue weighted by Gasteiger charge is 2.62. The van der Waals surface area contributed by atoms with Crippen LogP contribution in [0.4, 0.5) is 0 Å². The summed E-state index contributed by atoms with van der Waals surface area (Å²) >= 11 is 0. The summed E-state index contributed by atoms with van der Waals surface area (Å²) in [4.78, 5) is 30.9. The molecular formula is C21H32N2O3. The Kier molecular flexibility index (Phi) is 4.49. The van der Waals surface area contributed by atoms with Crippen molar-refractivity contribution in [1.82, 2.24) is 0 Å². The summed E-state index contributed by atoms with van der Waals surface area (Å²) in [5, 5.41) is 4.25. The lowest BCUT2D eigenvalue weighted by molar-refractivity contribution is -0.152. The zero-order valence-corrected chi connectivity index (χ0v) is 16.1. The van der Waals surface area contributed by atoms with Crippen molar-refractivity contribution in [1.29, 1.82) is 0 Å². The van der Waals surface area contributed by atoms with E-state index in [4.69, 9.17) is 10.6 Å². The van der Waals surface area contributed by atoms with Gasteiger partial charge in [0, 0.05) is 30.7 Å². The van der Waals surface area contributed by atoms with Crippen molar-refractivity contribution in [3.8, 4) is 0 Å². The third kappa shape index (κ3) is 2.57. The van der Waals surface area contributed by atoms with Gasteiger partial charge in [0.25, 0.3) is 0 Å². The van der Waals surface area contributed by atoms with Crippen molar-refractivity contribution in [3.05, 3.63) is 0 Å². The molecule has 0 aromatic rings. The van der Waals surface area contributed by atoms with Crippen LogP contribution >= 0.6 is 0 Å². The average molecular weight is 360 g/mol. The van der Waals surface area contributed by atoms with E-state index in [1.165, 1.54) is 0 Å². The largest absolute Gasteiger partial charge is 0.395 e. The minimum Gasteiger partial charge on any atom is -0.395 e. The SMILES string of the molecule is C[C@]12CCC(=NOCCN)CC1C(=O)C[C@@H]1[C@H]2CC[C@]2(C)C(=O)CC[C@@H]12. The molecule has 5 heteroatoms. The molecular weight excluding hydrogens is 328 g/mol. The van der Waals surface area contributed by atoms with E-state index < -0.39 is 0 Å². The van der Waals surface area contributed by atoms with Crippen molar-refractivity contribution in [2.75, 3.05) is 13.2 Å². The predicted octanol–water partition coefficient (Wildman–Crippen LogP) is 3.11. The van der Waals surface area contributed by atoms with Gasteiger partial charge in [-0.2, -0.15) is 0 Å². The van der Waals surface area contributed by atoms with Crippen molar-refractivity contribution in [2.45, 2.75) is 65.2 Å². The van der Waals surface area contributed by atoms with E-state index in [1.807, 2.05) is 0 Å². The molecule has 4 rings (SSSR count). The second kappa shape index (κ2) is 6.43. The summed E-state index contributed by atoms with van der Waals surface area (Å²) in [5.74, 6) is 2.29. The van der Waals surface area contributed by atoms with E-state index >= 15 is 0 Å². The van der Waals surface area contributed by atoms with Crippen LogP contribution < -0.4 is 5.73 Å². The van der Waals surface area contributed by atoms with Crippen LogP contribution in [0.2, 0.25) is 0 Å². The molecule has 0 amide bonds. The lowest BCUT2D eigenvalue weighted by Gasteiger charge is -2.58. The van der Waals surface area contributed by atoms with Crippen molar-refractivity contribution in [3.63, 3.8) is 0 Å². The van der Waals surface area contributed by atoms with Gasteiger partial charge in [-0.25, -0.2) is 0 Å². The third-order valence-electron chi connectivity index (χ3n) is 8.41. The molecule has 1 unspecified atom stereocenters. The van der Waals surface area contributed by atoms with Gasteiger partial charge in [0.1, 0.15) is 18.2 Å². The zero-order valence-electron chi connectivity index (χ0n) is 16.1.